The number of hydrogen-bond acceptors (Lipinski definition) is 4. The molecule has 2 aliphatic rings. The summed E-state index contributed by atoms with van der Waals surface area (Å²) in [5, 5.41) is 6.28. The Morgan fingerprint density at radius 3 is 2.54 bits per heavy atom. The molecular formula is C20H32ClN3O3S. The van der Waals surface area contributed by atoms with Gasteiger partial charge in [0.25, 0.3) is 0 Å². The van der Waals surface area contributed by atoms with Gasteiger partial charge < -0.3 is 10.6 Å². The van der Waals surface area contributed by atoms with E-state index in [-0.39, 0.29) is 36.7 Å². The van der Waals surface area contributed by atoms with E-state index in [1.807, 2.05) is 6.07 Å². The van der Waals surface area contributed by atoms with Crippen LogP contribution in [0.15, 0.2) is 23.1 Å². The number of benzene rings is 1. The molecule has 0 unspecified atom stereocenters. The summed E-state index contributed by atoms with van der Waals surface area (Å²) in [6.07, 6.45) is 6.48. The lowest BCUT2D eigenvalue weighted by atomic mass is 9.81. The SMILES string of the molecule is CC1(CNC(=O)CCNS(=O)(=O)c2ccc3c(c2)CCCC3)CCNCC1.Cl. The van der Waals surface area contributed by atoms with Crippen LogP contribution in [0, 0.1) is 5.41 Å². The first-order chi connectivity index (χ1) is 12.9. The Hall–Kier alpha value is -1.15. The summed E-state index contributed by atoms with van der Waals surface area (Å²) >= 11 is 0. The van der Waals surface area contributed by atoms with Crippen LogP contribution in [0.5, 0.6) is 0 Å². The van der Waals surface area contributed by atoms with Crippen molar-refractivity contribution in [2.45, 2.75) is 56.8 Å². The number of hydrogen-bond donors (Lipinski definition) is 3. The maximum Gasteiger partial charge on any atom is 0.240 e. The number of fused-ring (bicyclic) bond motifs is 1. The minimum Gasteiger partial charge on any atom is -0.356 e. The summed E-state index contributed by atoms with van der Waals surface area (Å²) in [5.41, 5.74) is 2.52. The fourth-order valence-electron chi connectivity index (χ4n) is 3.87. The van der Waals surface area contributed by atoms with Crippen molar-refractivity contribution in [3.63, 3.8) is 0 Å². The molecule has 1 fully saturated rings. The average molecular weight is 430 g/mol. The molecule has 1 aromatic rings. The predicted octanol–water partition coefficient (Wildman–Crippen LogP) is 2.16. The molecule has 3 rings (SSSR count). The highest BCUT2D eigenvalue weighted by Crippen LogP contribution is 2.26. The van der Waals surface area contributed by atoms with Gasteiger partial charge in [0.1, 0.15) is 0 Å². The fourth-order valence-corrected chi connectivity index (χ4v) is 4.95. The largest absolute Gasteiger partial charge is 0.356 e. The molecule has 0 aromatic heterocycles. The number of rotatable bonds is 7. The Labute approximate surface area is 174 Å². The normalized spacial score (nSPS) is 18.6. The summed E-state index contributed by atoms with van der Waals surface area (Å²) in [7, 11) is -3.58. The molecule has 1 aromatic carbocycles. The highest BCUT2D eigenvalue weighted by Gasteiger charge is 2.27. The van der Waals surface area contributed by atoms with Gasteiger partial charge in [-0.1, -0.05) is 13.0 Å². The van der Waals surface area contributed by atoms with Crippen molar-refractivity contribution in [3.8, 4) is 0 Å². The number of sulfonamides is 1. The molecule has 1 amide bonds. The Morgan fingerprint density at radius 1 is 1.14 bits per heavy atom. The molecule has 0 atom stereocenters. The minimum absolute atomic E-state index is 0. The quantitative estimate of drug-likeness (QED) is 0.619. The van der Waals surface area contributed by atoms with Crippen molar-refractivity contribution < 1.29 is 13.2 Å². The molecule has 1 aliphatic heterocycles. The number of halogens is 1. The highest BCUT2D eigenvalue weighted by molar-refractivity contribution is 7.89. The molecule has 0 bridgehead atoms. The van der Waals surface area contributed by atoms with Crippen molar-refractivity contribution in [1.82, 2.24) is 15.4 Å². The maximum absolute atomic E-state index is 12.5. The number of carbonyl (C=O) groups excluding carboxylic acids is 1. The smallest absolute Gasteiger partial charge is 0.240 e. The van der Waals surface area contributed by atoms with Crippen LogP contribution in [0.4, 0.5) is 0 Å². The Balaban J connectivity index is 0.00000280. The van der Waals surface area contributed by atoms with E-state index in [0.717, 1.165) is 50.8 Å². The van der Waals surface area contributed by atoms with E-state index >= 15 is 0 Å². The first-order valence-corrected chi connectivity index (χ1v) is 11.5. The third-order valence-corrected chi connectivity index (χ3v) is 7.26. The molecule has 1 saturated heterocycles. The van der Waals surface area contributed by atoms with E-state index < -0.39 is 10.0 Å². The van der Waals surface area contributed by atoms with Gasteiger partial charge >= 0.3 is 0 Å². The number of amides is 1. The van der Waals surface area contributed by atoms with Gasteiger partial charge in [0.05, 0.1) is 4.90 Å². The molecule has 3 N–H and O–H groups in total. The van der Waals surface area contributed by atoms with E-state index in [4.69, 9.17) is 0 Å². The Bertz CT molecular complexity index is 777. The molecular weight excluding hydrogens is 398 g/mol. The number of carbonyl (C=O) groups is 1. The molecule has 1 heterocycles. The summed E-state index contributed by atoms with van der Waals surface area (Å²) in [5.74, 6) is -0.108. The van der Waals surface area contributed by atoms with Crippen molar-refractivity contribution in [3.05, 3.63) is 29.3 Å². The first-order valence-electron chi connectivity index (χ1n) is 9.97. The van der Waals surface area contributed by atoms with Gasteiger partial charge in [-0.15, -0.1) is 12.4 Å². The van der Waals surface area contributed by atoms with Gasteiger partial charge in [-0.25, -0.2) is 13.1 Å². The average Bonchev–Trinajstić information content (AvgIpc) is 2.66. The van der Waals surface area contributed by atoms with E-state index in [1.54, 1.807) is 12.1 Å². The lowest BCUT2D eigenvalue weighted by Crippen LogP contribution is -2.43. The van der Waals surface area contributed by atoms with E-state index in [9.17, 15) is 13.2 Å². The van der Waals surface area contributed by atoms with Gasteiger partial charge in [0, 0.05) is 19.5 Å². The van der Waals surface area contributed by atoms with Crippen LogP contribution >= 0.6 is 12.4 Å². The third-order valence-electron chi connectivity index (χ3n) is 5.80. The van der Waals surface area contributed by atoms with Crippen molar-refractivity contribution in [2.75, 3.05) is 26.2 Å². The lowest BCUT2D eigenvalue weighted by Gasteiger charge is -2.34. The lowest BCUT2D eigenvalue weighted by molar-refractivity contribution is -0.121. The van der Waals surface area contributed by atoms with Gasteiger partial charge in [0.2, 0.25) is 15.9 Å². The van der Waals surface area contributed by atoms with Crippen LogP contribution in [0.3, 0.4) is 0 Å². The maximum atomic E-state index is 12.5. The van der Waals surface area contributed by atoms with Gasteiger partial charge in [-0.3, -0.25) is 4.79 Å². The van der Waals surface area contributed by atoms with Crippen LogP contribution in [0.2, 0.25) is 0 Å². The zero-order valence-electron chi connectivity index (χ0n) is 16.6. The van der Waals surface area contributed by atoms with Crippen molar-refractivity contribution >= 4 is 28.3 Å². The summed E-state index contributed by atoms with van der Waals surface area (Å²) < 4.78 is 27.6. The molecule has 0 spiro atoms. The standard InChI is InChI=1S/C20H31N3O3S.ClH/c1-20(9-12-21-13-10-20)15-22-19(24)8-11-23-27(25,26)18-7-6-16-4-2-3-5-17(16)14-18;/h6-7,14,21,23H,2-5,8-13,15H2,1H3,(H,22,24);1H. The topological polar surface area (TPSA) is 87.3 Å². The first kappa shape index (κ1) is 23.1. The summed E-state index contributed by atoms with van der Waals surface area (Å²) in [6.45, 7) is 4.90. The Kier molecular flexibility index (Phi) is 8.30. The van der Waals surface area contributed by atoms with Crippen LogP contribution in [-0.2, 0) is 27.7 Å². The van der Waals surface area contributed by atoms with Gasteiger partial charge in [-0.05, 0) is 80.3 Å². The minimum atomic E-state index is -3.58. The molecule has 0 radical (unpaired) electrons. The summed E-state index contributed by atoms with van der Waals surface area (Å²) in [6, 6.07) is 5.38. The van der Waals surface area contributed by atoms with Crippen molar-refractivity contribution in [2.24, 2.45) is 5.41 Å². The zero-order valence-corrected chi connectivity index (χ0v) is 18.2. The fraction of sp³-hybridized carbons (Fsp3) is 0.650. The molecule has 28 heavy (non-hydrogen) atoms. The molecule has 158 valence electrons. The molecule has 8 heteroatoms. The number of nitrogens with one attached hydrogen (secondary N) is 3. The highest BCUT2D eigenvalue weighted by atomic mass is 35.5. The van der Waals surface area contributed by atoms with Gasteiger partial charge in [0.15, 0.2) is 0 Å². The Morgan fingerprint density at radius 2 is 1.82 bits per heavy atom. The second-order valence-corrected chi connectivity index (χ2v) is 9.89. The second-order valence-electron chi connectivity index (χ2n) is 8.12. The van der Waals surface area contributed by atoms with E-state index in [0.29, 0.717) is 11.4 Å². The monoisotopic (exact) mass is 429 g/mol. The molecule has 0 saturated carbocycles. The van der Waals surface area contributed by atoms with Gasteiger partial charge in [-0.2, -0.15) is 0 Å². The van der Waals surface area contributed by atoms with E-state index in [2.05, 4.69) is 22.3 Å². The number of piperidine rings is 1. The molecule has 6 nitrogen and oxygen atoms in total. The van der Waals surface area contributed by atoms with Crippen LogP contribution in [0.25, 0.3) is 0 Å². The van der Waals surface area contributed by atoms with E-state index in [1.165, 1.54) is 12.0 Å². The van der Waals surface area contributed by atoms with Crippen LogP contribution in [0.1, 0.15) is 50.2 Å². The van der Waals surface area contributed by atoms with Crippen LogP contribution in [-0.4, -0.2) is 40.5 Å². The zero-order chi connectivity index (χ0) is 19.3. The predicted molar refractivity (Wildman–Crippen MR) is 113 cm³/mol. The van der Waals surface area contributed by atoms with Crippen LogP contribution < -0.4 is 15.4 Å². The second kappa shape index (κ2) is 10.1. The van der Waals surface area contributed by atoms with Crippen molar-refractivity contribution in [1.29, 1.82) is 0 Å². The third kappa shape index (κ3) is 6.17. The molecule has 1 aliphatic carbocycles. The number of aryl methyl sites for hydroxylation is 2. The summed E-state index contributed by atoms with van der Waals surface area (Å²) in [4.78, 5) is 12.4.